The van der Waals surface area contributed by atoms with Crippen LogP contribution in [0.3, 0.4) is 0 Å². The van der Waals surface area contributed by atoms with Gasteiger partial charge in [0.15, 0.2) is 11.5 Å². The molecule has 1 unspecified atom stereocenters. The van der Waals surface area contributed by atoms with Gasteiger partial charge in [0.2, 0.25) is 0 Å². The van der Waals surface area contributed by atoms with Crippen LogP contribution in [-0.4, -0.2) is 24.1 Å². The summed E-state index contributed by atoms with van der Waals surface area (Å²) in [7, 11) is 0. The Morgan fingerprint density at radius 1 is 1.26 bits per heavy atom. The summed E-state index contributed by atoms with van der Waals surface area (Å²) < 4.78 is 12.0. The van der Waals surface area contributed by atoms with Crippen LogP contribution in [0.1, 0.15) is 34.6 Å². The van der Waals surface area contributed by atoms with Gasteiger partial charge in [0.05, 0.1) is 11.6 Å². The third kappa shape index (κ3) is 3.47. The number of fused-ring (bicyclic) bond motifs is 1. The van der Waals surface area contributed by atoms with E-state index in [-0.39, 0.29) is 11.9 Å². The Hall–Kier alpha value is -2.08. The number of hydrogen-bond acceptors (Lipinski definition) is 4. The third-order valence-electron chi connectivity index (χ3n) is 3.65. The first kappa shape index (κ1) is 15.8. The van der Waals surface area contributed by atoms with Gasteiger partial charge in [-0.25, -0.2) is 0 Å². The zero-order chi connectivity index (χ0) is 16.4. The summed E-state index contributed by atoms with van der Waals surface area (Å²) >= 11 is 3.53. The van der Waals surface area contributed by atoms with E-state index in [1.807, 2.05) is 32.0 Å². The van der Waals surface area contributed by atoms with Crippen LogP contribution in [0, 0.1) is 6.92 Å². The van der Waals surface area contributed by atoms with Crippen molar-refractivity contribution in [1.82, 2.24) is 10.3 Å². The second-order valence-electron chi connectivity index (χ2n) is 5.40. The van der Waals surface area contributed by atoms with Gasteiger partial charge in [0.1, 0.15) is 13.2 Å². The highest BCUT2D eigenvalue weighted by Gasteiger charge is 2.19. The van der Waals surface area contributed by atoms with Crippen molar-refractivity contribution in [3.05, 3.63) is 51.8 Å². The predicted molar refractivity (Wildman–Crippen MR) is 90.0 cm³/mol. The van der Waals surface area contributed by atoms with E-state index >= 15 is 0 Å². The van der Waals surface area contributed by atoms with Crippen LogP contribution >= 0.6 is 15.9 Å². The van der Waals surface area contributed by atoms with E-state index in [4.69, 9.17) is 9.47 Å². The number of amides is 1. The Kier molecular flexibility index (Phi) is 4.52. The molecular weight excluding hydrogens is 360 g/mol. The summed E-state index contributed by atoms with van der Waals surface area (Å²) in [5, 5.41) is 2.97. The molecule has 0 saturated carbocycles. The minimum absolute atomic E-state index is 0.160. The quantitative estimate of drug-likeness (QED) is 0.891. The van der Waals surface area contributed by atoms with E-state index in [0.717, 1.165) is 15.7 Å². The van der Waals surface area contributed by atoms with Gasteiger partial charge in [-0.05, 0) is 43.7 Å². The summed E-state index contributed by atoms with van der Waals surface area (Å²) in [5.74, 6) is 1.26. The van der Waals surface area contributed by atoms with E-state index in [1.54, 1.807) is 12.3 Å². The molecule has 0 bridgehead atoms. The fourth-order valence-electron chi connectivity index (χ4n) is 2.37. The molecule has 6 heteroatoms. The molecule has 1 atom stereocenters. The zero-order valence-electron chi connectivity index (χ0n) is 12.9. The molecule has 1 aliphatic rings. The molecule has 1 aromatic heterocycles. The van der Waals surface area contributed by atoms with Crippen LogP contribution in [0.2, 0.25) is 0 Å². The van der Waals surface area contributed by atoms with Crippen molar-refractivity contribution in [3.63, 3.8) is 0 Å². The average Bonchev–Trinajstić information content (AvgIpc) is 2.54. The normalized spacial score (nSPS) is 14.2. The van der Waals surface area contributed by atoms with Gasteiger partial charge in [-0.2, -0.15) is 0 Å². The first-order valence-corrected chi connectivity index (χ1v) is 8.16. The molecular formula is C17H17BrN2O3. The summed E-state index contributed by atoms with van der Waals surface area (Å²) in [6, 6.07) is 7.17. The van der Waals surface area contributed by atoms with Gasteiger partial charge >= 0.3 is 0 Å². The Morgan fingerprint density at radius 3 is 2.61 bits per heavy atom. The molecule has 23 heavy (non-hydrogen) atoms. The highest BCUT2D eigenvalue weighted by atomic mass is 79.9. The molecule has 0 fully saturated rings. The first-order chi connectivity index (χ1) is 11.0. The van der Waals surface area contributed by atoms with Crippen molar-refractivity contribution in [2.24, 2.45) is 0 Å². The lowest BCUT2D eigenvalue weighted by molar-refractivity contribution is 0.0939. The molecule has 1 N–H and O–H groups in total. The zero-order valence-corrected chi connectivity index (χ0v) is 14.5. The van der Waals surface area contributed by atoms with Crippen molar-refractivity contribution in [2.45, 2.75) is 19.9 Å². The van der Waals surface area contributed by atoms with Crippen LogP contribution < -0.4 is 14.8 Å². The summed E-state index contributed by atoms with van der Waals surface area (Å²) in [4.78, 5) is 16.5. The van der Waals surface area contributed by atoms with Crippen molar-refractivity contribution < 1.29 is 14.3 Å². The van der Waals surface area contributed by atoms with Crippen LogP contribution in [0.15, 0.2) is 34.9 Å². The van der Waals surface area contributed by atoms with E-state index in [1.165, 1.54) is 0 Å². The maximum atomic E-state index is 12.3. The molecule has 0 radical (unpaired) electrons. The van der Waals surface area contributed by atoms with Crippen LogP contribution in [0.25, 0.3) is 0 Å². The number of hydrogen-bond donors (Lipinski definition) is 1. The smallest absolute Gasteiger partial charge is 0.253 e. The van der Waals surface area contributed by atoms with E-state index in [9.17, 15) is 4.79 Å². The Labute approximate surface area is 143 Å². The average molecular weight is 377 g/mol. The Morgan fingerprint density at radius 2 is 1.96 bits per heavy atom. The maximum absolute atomic E-state index is 12.3. The molecule has 0 aliphatic carbocycles. The molecule has 1 aliphatic heterocycles. The van der Waals surface area contributed by atoms with Crippen molar-refractivity contribution in [2.75, 3.05) is 13.2 Å². The lowest BCUT2D eigenvalue weighted by atomic mass is 10.1. The summed E-state index contributed by atoms with van der Waals surface area (Å²) in [6.07, 6.45) is 1.58. The van der Waals surface area contributed by atoms with Gasteiger partial charge in [0.25, 0.3) is 5.91 Å². The first-order valence-electron chi connectivity index (χ1n) is 7.37. The number of carbonyl (C=O) groups excluding carboxylic acids is 1. The molecule has 5 nitrogen and oxygen atoms in total. The van der Waals surface area contributed by atoms with Gasteiger partial charge in [0, 0.05) is 16.4 Å². The largest absolute Gasteiger partial charge is 0.486 e. The summed E-state index contributed by atoms with van der Waals surface area (Å²) in [6.45, 7) is 4.89. The number of halogens is 1. The van der Waals surface area contributed by atoms with Crippen LogP contribution in [0.5, 0.6) is 11.5 Å². The fraction of sp³-hybridized carbons (Fsp3) is 0.294. The van der Waals surface area contributed by atoms with Crippen molar-refractivity contribution >= 4 is 21.8 Å². The number of carbonyl (C=O) groups is 1. The van der Waals surface area contributed by atoms with Crippen molar-refractivity contribution in [1.29, 1.82) is 0 Å². The minimum atomic E-state index is -0.186. The number of nitrogens with zero attached hydrogens (tertiary/aromatic N) is 1. The second kappa shape index (κ2) is 6.58. The Bertz CT molecular complexity index is 731. The molecule has 1 amide bonds. The lowest BCUT2D eigenvalue weighted by Crippen LogP contribution is -2.27. The Balaban J connectivity index is 1.79. The number of aryl methyl sites for hydroxylation is 1. The number of nitrogens with one attached hydrogen (secondary N) is 1. The predicted octanol–water partition coefficient (Wildman–Crippen LogP) is 3.41. The van der Waals surface area contributed by atoms with Crippen molar-refractivity contribution in [3.8, 4) is 11.5 Å². The minimum Gasteiger partial charge on any atom is -0.486 e. The fourth-order valence-corrected chi connectivity index (χ4v) is 3.04. The molecule has 3 rings (SSSR count). The SMILES string of the molecule is Cc1ccc(C(=O)NC(C)c2cc3c(cc2Br)OCCO3)cn1. The number of pyridine rings is 1. The van der Waals surface area contributed by atoms with Gasteiger partial charge in [-0.1, -0.05) is 15.9 Å². The van der Waals surface area contributed by atoms with Gasteiger partial charge in [-0.3, -0.25) is 9.78 Å². The van der Waals surface area contributed by atoms with E-state index in [2.05, 4.69) is 26.2 Å². The van der Waals surface area contributed by atoms with Gasteiger partial charge < -0.3 is 14.8 Å². The summed E-state index contributed by atoms with van der Waals surface area (Å²) in [5.41, 5.74) is 2.35. The van der Waals surface area contributed by atoms with Crippen LogP contribution in [0.4, 0.5) is 0 Å². The molecule has 120 valence electrons. The van der Waals surface area contributed by atoms with E-state index < -0.39 is 0 Å². The molecule has 1 aromatic carbocycles. The van der Waals surface area contributed by atoms with Gasteiger partial charge in [-0.15, -0.1) is 0 Å². The maximum Gasteiger partial charge on any atom is 0.253 e. The highest BCUT2D eigenvalue weighted by Crippen LogP contribution is 2.37. The highest BCUT2D eigenvalue weighted by molar-refractivity contribution is 9.10. The number of benzene rings is 1. The third-order valence-corrected chi connectivity index (χ3v) is 4.34. The number of rotatable bonds is 3. The second-order valence-corrected chi connectivity index (χ2v) is 6.26. The molecule has 0 saturated heterocycles. The monoisotopic (exact) mass is 376 g/mol. The lowest BCUT2D eigenvalue weighted by Gasteiger charge is -2.22. The topological polar surface area (TPSA) is 60.5 Å². The number of aromatic nitrogens is 1. The molecule has 2 aromatic rings. The standard InChI is InChI=1S/C17H17BrN2O3/c1-10-3-4-12(9-19-10)17(21)20-11(2)13-7-15-16(8-14(13)18)23-6-5-22-15/h3-4,7-9,11H,5-6H2,1-2H3,(H,20,21). The number of ether oxygens (including phenoxy) is 2. The van der Waals surface area contributed by atoms with Crippen LogP contribution in [-0.2, 0) is 0 Å². The molecule has 2 heterocycles. The van der Waals surface area contributed by atoms with E-state index in [0.29, 0.717) is 30.3 Å². The molecule has 0 spiro atoms.